The lowest BCUT2D eigenvalue weighted by Gasteiger charge is -2.41. The lowest BCUT2D eigenvalue weighted by atomic mass is 9.93. The molecular formula is C16H23NO3. The van der Waals surface area contributed by atoms with Crippen LogP contribution in [0.3, 0.4) is 0 Å². The molecule has 0 amide bonds. The number of hydrogen-bond acceptors (Lipinski definition) is 4. The summed E-state index contributed by atoms with van der Waals surface area (Å²) in [5.41, 5.74) is 1.11. The number of fused-ring (bicyclic) bond motifs is 1. The third-order valence-corrected chi connectivity index (χ3v) is 4.40. The van der Waals surface area contributed by atoms with Crippen LogP contribution < -0.4 is 14.8 Å². The molecular weight excluding hydrogens is 254 g/mol. The number of rotatable bonds is 3. The topological polar surface area (TPSA) is 39.7 Å². The Hall–Kier alpha value is -1.26. The van der Waals surface area contributed by atoms with Crippen LogP contribution in [-0.4, -0.2) is 31.9 Å². The average Bonchev–Trinajstić information content (AvgIpc) is 2.54. The molecule has 3 rings (SSSR count). The first-order chi connectivity index (χ1) is 9.76. The summed E-state index contributed by atoms with van der Waals surface area (Å²) in [6.45, 7) is 7.41. The van der Waals surface area contributed by atoms with Gasteiger partial charge in [0, 0.05) is 13.1 Å². The summed E-state index contributed by atoms with van der Waals surface area (Å²) in [6.07, 6.45) is 2.13. The molecule has 20 heavy (non-hydrogen) atoms. The molecule has 1 saturated heterocycles. The van der Waals surface area contributed by atoms with Crippen molar-refractivity contribution in [3.63, 3.8) is 0 Å². The average molecular weight is 277 g/mol. The molecule has 1 aromatic carbocycles. The molecule has 0 radical (unpaired) electrons. The van der Waals surface area contributed by atoms with E-state index in [0.29, 0.717) is 13.2 Å². The first kappa shape index (κ1) is 13.7. The van der Waals surface area contributed by atoms with E-state index in [4.69, 9.17) is 14.2 Å². The van der Waals surface area contributed by atoms with Gasteiger partial charge in [-0.3, -0.25) is 0 Å². The first-order valence-electron chi connectivity index (χ1n) is 7.54. The Morgan fingerprint density at radius 2 is 1.90 bits per heavy atom. The molecule has 4 heteroatoms. The quantitative estimate of drug-likeness (QED) is 0.922. The van der Waals surface area contributed by atoms with Crippen molar-refractivity contribution >= 4 is 0 Å². The molecule has 1 N–H and O–H groups in total. The number of nitrogens with one attached hydrogen (secondary N) is 1. The predicted octanol–water partition coefficient (Wildman–Crippen LogP) is 2.68. The zero-order chi connectivity index (χ0) is 14.0. The van der Waals surface area contributed by atoms with Gasteiger partial charge in [-0.15, -0.1) is 0 Å². The van der Waals surface area contributed by atoms with Crippen molar-refractivity contribution in [2.75, 3.05) is 26.3 Å². The molecule has 1 fully saturated rings. The molecule has 2 aliphatic rings. The molecule has 1 aromatic rings. The highest BCUT2D eigenvalue weighted by Crippen LogP contribution is 2.37. The maximum Gasteiger partial charge on any atom is 0.161 e. The molecule has 2 heterocycles. The molecule has 0 spiro atoms. The number of benzene rings is 1. The van der Waals surface area contributed by atoms with E-state index in [1.165, 1.54) is 0 Å². The Morgan fingerprint density at radius 3 is 2.65 bits per heavy atom. The van der Waals surface area contributed by atoms with Crippen LogP contribution in [0.2, 0.25) is 0 Å². The van der Waals surface area contributed by atoms with Crippen molar-refractivity contribution in [1.82, 2.24) is 5.32 Å². The van der Waals surface area contributed by atoms with Crippen LogP contribution >= 0.6 is 0 Å². The van der Waals surface area contributed by atoms with E-state index in [1.807, 2.05) is 6.07 Å². The SMILES string of the molecule is CCC1(CC)CNCC(c2ccc3c(c2)OCCO3)O1. The van der Waals surface area contributed by atoms with Gasteiger partial charge in [-0.1, -0.05) is 19.9 Å². The largest absolute Gasteiger partial charge is 0.486 e. The van der Waals surface area contributed by atoms with Crippen molar-refractivity contribution in [1.29, 1.82) is 0 Å². The van der Waals surface area contributed by atoms with Crippen molar-refractivity contribution in [2.45, 2.75) is 38.4 Å². The van der Waals surface area contributed by atoms with Crippen molar-refractivity contribution in [3.05, 3.63) is 23.8 Å². The smallest absolute Gasteiger partial charge is 0.161 e. The van der Waals surface area contributed by atoms with E-state index in [2.05, 4.69) is 31.3 Å². The van der Waals surface area contributed by atoms with E-state index in [9.17, 15) is 0 Å². The third kappa shape index (κ3) is 2.50. The normalized spacial score (nSPS) is 24.4. The van der Waals surface area contributed by atoms with Crippen LogP contribution in [0, 0.1) is 0 Å². The highest BCUT2D eigenvalue weighted by Gasteiger charge is 2.35. The zero-order valence-electron chi connectivity index (χ0n) is 12.3. The molecule has 4 nitrogen and oxygen atoms in total. The van der Waals surface area contributed by atoms with Crippen LogP contribution in [-0.2, 0) is 4.74 Å². The Morgan fingerprint density at radius 1 is 1.15 bits per heavy atom. The van der Waals surface area contributed by atoms with E-state index in [-0.39, 0.29) is 11.7 Å². The van der Waals surface area contributed by atoms with Gasteiger partial charge in [-0.05, 0) is 30.5 Å². The maximum absolute atomic E-state index is 6.39. The van der Waals surface area contributed by atoms with E-state index in [0.717, 1.165) is 43.0 Å². The molecule has 0 saturated carbocycles. The van der Waals surface area contributed by atoms with E-state index >= 15 is 0 Å². The van der Waals surface area contributed by atoms with Gasteiger partial charge in [-0.2, -0.15) is 0 Å². The van der Waals surface area contributed by atoms with Crippen molar-refractivity contribution in [3.8, 4) is 11.5 Å². The second kappa shape index (κ2) is 5.62. The number of hydrogen-bond donors (Lipinski definition) is 1. The second-order valence-corrected chi connectivity index (χ2v) is 5.53. The van der Waals surface area contributed by atoms with Gasteiger partial charge >= 0.3 is 0 Å². The number of morpholine rings is 1. The van der Waals surface area contributed by atoms with Crippen LogP contribution in [0.5, 0.6) is 11.5 Å². The minimum atomic E-state index is -0.0455. The molecule has 1 unspecified atom stereocenters. The fraction of sp³-hybridized carbons (Fsp3) is 0.625. The zero-order valence-corrected chi connectivity index (χ0v) is 12.3. The molecule has 0 bridgehead atoms. The van der Waals surface area contributed by atoms with Gasteiger partial charge in [-0.25, -0.2) is 0 Å². The second-order valence-electron chi connectivity index (χ2n) is 5.53. The Balaban J connectivity index is 1.81. The predicted molar refractivity (Wildman–Crippen MR) is 77.4 cm³/mol. The van der Waals surface area contributed by atoms with E-state index < -0.39 is 0 Å². The monoisotopic (exact) mass is 277 g/mol. The van der Waals surface area contributed by atoms with Crippen LogP contribution in [0.25, 0.3) is 0 Å². The minimum Gasteiger partial charge on any atom is -0.486 e. The summed E-state index contributed by atoms with van der Waals surface area (Å²) in [5.74, 6) is 1.67. The summed E-state index contributed by atoms with van der Waals surface area (Å²) in [4.78, 5) is 0. The third-order valence-electron chi connectivity index (χ3n) is 4.40. The molecule has 0 aromatic heterocycles. The van der Waals surface area contributed by atoms with Gasteiger partial charge in [0.2, 0.25) is 0 Å². The highest BCUT2D eigenvalue weighted by molar-refractivity contribution is 5.44. The maximum atomic E-state index is 6.39. The lowest BCUT2D eigenvalue weighted by molar-refractivity contribution is -0.122. The first-order valence-corrected chi connectivity index (χ1v) is 7.54. The summed E-state index contributed by atoms with van der Waals surface area (Å²) >= 11 is 0. The summed E-state index contributed by atoms with van der Waals surface area (Å²) in [6, 6.07) is 6.13. The Kier molecular flexibility index (Phi) is 3.85. The number of ether oxygens (including phenoxy) is 3. The summed E-state index contributed by atoms with van der Waals surface area (Å²) < 4.78 is 17.6. The molecule has 0 aliphatic carbocycles. The minimum absolute atomic E-state index is 0.0455. The van der Waals surface area contributed by atoms with Crippen LogP contribution in [0.4, 0.5) is 0 Å². The van der Waals surface area contributed by atoms with Gasteiger partial charge in [0.1, 0.15) is 13.2 Å². The van der Waals surface area contributed by atoms with Gasteiger partial charge in [0.05, 0.1) is 11.7 Å². The summed E-state index contributed by atoms with van der Waals surface area (Å²) in [5, 5.41) is 3.51. The van der Waals surface area contributed by atoms with E-state index in [1.54, 1.807) is 0 Å². The van der Waals surface area contributed by atoms with Crippen LogP contribution in [0.15, 0.2) is 18.2 Å². The van der Waals surface area contributed by atoms with Crippen molar-refractivity contribution in [2.24, 2.45) is 0 Å². The fourth-order valence-electron chi connectivity index (χ4n) is 2.93. The Bertz CT molecular complexity index is 471. The highest BCUT2D eigenvalue weighted by atomic mass is 16.6. The lowest BCUT2D eigenvalue weighted by Crippen LogP contribution is -2.50. The molecule has 1 atom stereocenters. The van der Waals surface area contributed by atoms with Gasteiger partial charge in [0.25, 0.3) is 0 Å². The standard InChI is InChI=1S/C16H23NO3/c1-3-16(4-2)11-17-10-15(20-16)12-5-6-13-14(9-12)19-8-7-18-13/h5-6,9,15,17H,3-4,7-8,10-11H2,1-2H3. The van der Waals surface area contributed by atoms with Gasteiger partial charge in [0.15, 0.2) is 11.5 Å². The van der Waals surface area contributed by atoms with Crippen molar-refractivity contribution < 1.29 is 14.2 Å². The molecule has 2 aliphatic heterocycles. The Labute approximate surface area is 120 Å². The molecule has 110 valence electrons. The van der Waals surface area contributed by atoms with Gasteiger partial charge < -0.3 is 19.5 Å². The summed E-state index contributed by atoms with van der Waals surface area (Å²) in [7, 11) is 0. The fourth-order valence-corrected chi connectivity index (χ4v) is 2.93. The van der Waals surface area contributed by atoms with Crippen LogP contribution in [0.1, 0.15) is 38.4 Å².